The van der Waals surface area contributed by atoms with Crippen molar-refractivity contribution in [3.63, 3.8) is 0 Å². The second-order valence-corrected chi connectivity index (χ2v) is 3.69. The minimum absolute atomic E-state index is 0.831. The van der Waals surface area contributed by atoms with E-state index in [0.29, 0.717) is 0 Å². The van der Waals surface area contributed by atoms with Gasteiger partial charge >= 0.3 is 0 Å². The fourth-order valence-electron chi connectivity index (χ4n) is 0.972. The Morgan fingerprint density at radius 2 is 1.91 bits per heavy atom. The van der Waals surface area contributed by atoms with Crippen molar-refractivity contribution in [3.05, 3.63) is 6.92 Å². The number of rotatable bonds is 6. The van der Waals surface area contributed by atoms with E-state index in [1.807, 2.05) is 0 Å². The summed E-state index contributed by atoms with van der Waals surface area (Å²) in [5, 5.41) is 0. The highest BCUT2D eigenvalue weighted by Gasteiger charge is 1.98. The summed E-state index contributed by atoms with van der Waals surface area (Å²) < 4.78 is 0. The van der Waals surface area contributed by atoms with E-state index in [9.17, 15) is 0 Å². The lowest BCUT2D eigenvalue weighted by molar-refractivity contribution is 0.307. The minimum Gasteiger partial charge on any atom is -0.306 e. The van der Waals surface area contributed by atoms with Crippen molar-refractivity contribution in [1.29, 1.82) is 0 Å². The normalized spacial score (nSPS) is 11.5. The molecule has 0 aromatic carbocycles. The molecule has 0 amide bonds. The Bertz CT molecular complexity index is 78.9. The van der Waals surface area contributed by atoms with Crippen LogP contribution in [0.15, 0.2) is 0 Å². The third-order valence-corrected chi connectivity index (χ3v) is 1.88. The van der Waals surface area contributed by atoms with E-state index in [2.05, 4.69) is 32.7 Å². The van der Waals surface area contributed by atoms with Crippen LogP contribution in [0.2, 0.25) is 0 Å². The molecule has 11 heavy (non-hydrogen) atoms. The van der Waals surface area contributed by atoms with Crippen LogP contribution in [0.4, 0.5) is 0 Å². The van der Waals surface area contributed by atoms with Gasteiger partial charge in [-0.05, 0) is 38.9 Å². The molecule has 0 aromatic heterocycles. The molecule has 1 heteroatoms. The second kappa shape index (κ2) is 6.66. The van der Waals surface area contributed by atoms with Crippen LogP contribution in [0, 0.1) is 12.8 Å². The largest absolute Gasteiger partial charge is 0.306 e. The van der Waals surface area contributed by atoms with Crippen molar-refractivity contribution in [1.82, 2.24) is 4.90 Å². The zero-order valence-corrected chi connectivity index (χ0v) is 8.27. The van der Waals surface area contributed by atoms with Crippen molar-refractivity contribution < 1.29 is 0 Å². The van der Waals surface area contributed by atoms with E-state index in [-0.39, 0.29) is 0 Å². The molecule has 0 spiro atoms. The van der Waals surface area contributed by atoms with Gasteiger partial charge < -0.3 is 4.90 Å². The van der Waals surface area contributed by atoms with Crippen molar-refractivity contribution in [2.75, 3.05) is 20.1 Å². The van der Waals surface area contributed by atoms with Crippen LogP contribution >= 0.6 is 0 Å². The average Bonchev–Trinajstić information content (AvgIpc) is 1.97. The number of unbranched alkanes of at least 4 members (excludes halogenated alkanes) is 1. The van der Waals surface area contributed by atoms with Gasteiger partial charge in [0.1, 0.15) is 0 Å². The van der Waals surface area contributed by atoms with Crippen molar-refractivity contribution in [2.45, 2.75) is 33.1 Å². The van der Waals surface area contributed by atoms with Gasteiger partial charge in [0.2, 0.25) is 0 Å². The molecule has 0 atom stereocenters. The molecule has 0 aliphatic heterocycles. The summed E-state index contributed by atoms with van der Waals surface area (Å²) in [6.07, 6.45) is 3.61. The molecular weight excluding hydrogens is 134 g/mol. The number of hydrogen-bond donors (Lipinski definition) is 0. The highest BCUT2D eigenvalue weighted by molar-refractivity contribution is 4.54. The van der Waals surface area contributed by atoms with Crippen molar-refractivity contribution in [2.24, 2.45) is 5.92 Å². The van der Waals surface area contributed by atoms with Crippen LogP contribution in [0.1, 0.15) is 33.1 Å². The summed E-state index contributed by atoms with van der Waals surface area (Å²) in [7, 11) is 2.19. The van der Waals surface area contributed by atoms with Gasteiger partial charge in [0, 0.05) is 0 Å². The molecule has 0 heterocycles. The van der Waals surface area contributed by atoms with Gasteiger partial charge in [-0.3, -0.25) is 0 Å². The van der Waals surface area contributed by atoms with Crippen LogP contribution in [-0.2, 0) is 0 Å². The fraction of sp³-hybridized carbons (Fsp3) is 0.900. The Balaban J connectivity index is 3.15. The zero-order chi connectivity index (χ0) is 8.69. The maximum atomic E-state index is 3.83. The van der Waals surface area contributed by atoms with Crippen LogP contribution < -0.4 is 0 Å². The standard InChI is InChI=1S/C10H22N/c1-5-6-8-11(4)9-7-10(2)3/h10H,1,5-9H2,2-4H3. The number of hydrogen-bond acceptors (Lipinski definition) is 1. The Hall–Kier alpha value is -0.0400. The molecule has 0 saturated heterocycles. The summed E-state index contributed by atoms with van der Waals surface area (Å²) in [5.41, 5.74) is 0. The van der Waals surface area contributed by atoms with Gasteiger partial charge in [-0.2, -0.15) is 0 Å². The van der Waals surface area contributed by atoms with Crippen molar-refractivity contribution >= 4 is 0 Å². The fourth-order valence-corrected chi connectivity index (χ4v) is 0.972. The molecule has 0 aliphatic carbocycles. The molecule has 0 fully saturated rings. The predicted molar refractivity (Wildman–Crippen MR) is 51.5 cm³/mol. The smallest absolute Gasteiger partial charge is 0.00194 e. The Kier molecular flexibility index (Phi) is 6.63. The third-order valence-electron chi connectivity index (χ3n) is 1.88. The van der Waals surface area contributed by atoms with Gasteiger partial charge in [0.25, 0.3) is 0 Å². The molecule has 1 radical (unpaired) electrons. The topological polar surface area (TPSA) is 3.24 Å². The molecule has 0 aromatic rings. The lowest BCUT2D eigenvalue weighted by Crippen LogP contribution is -2.21. The van der Waals surface area contributed by atoms with Gasteiger partial charge in [-0.1, -0.05) is 27.2 Å². The lowest BCUT2D eigenvalue weighted by Gasteiger charge is -2.16. The SMILES string of the molecule is [CH2]CCCN(C)CCC(C)C. The summed E-state index contributed by atoms with van der Waals surface area (Å²) in [4.78, 5) is 2.39. The van der Waals surface area contributed by atoms with Crippen LogP contribution in [0.25, 0.3) is 0 Å². The first-order valence-corrected chi connectivity index (χ1v) is 4.64. The van der Waals surface area contributed by atoms with E-state index in [1.165, 1.54) is 25.9 Å². The van der Waals surface area contributed by atoms with Crippen molar-refractivity contribution in [3.8, 4) is 0 Å². The maximum absolute atomic E-state index is 3.83. The average molecular weight is 156 g/mol. The lowest BCUT2D eigenvalue weighted by atomic mass is 10.1. The van der Waals surface area contributed by atoms with Gasteiger partial charge in [-0.25, -0.2) is 0 Å². The molecule has 0 rings (SSSR count). The van der Waals surface area contributed by atoms with E-state index in [4.69, 9.17) is 0 Å². The molecule has 0 aliphatic rings. The minimum atomic E-state index is 0.831. The summed E-state index contributed by atoms with van der Waals surface area (Å²) in [6, 6.07) is 0. The Morgan fingerprint density at radius 1 is 1.27 bits per heavy atom. The first-order chi connectivity index (χ1) is 5.16. The van der Waals surface area contributed by atoms with E-state index < -0.39 is 0 Å². The Morgan fingerprint density at radius 3 is 2.36 bits per heavy atom. The van der Waals surface area contributed by atoms with Gasteiger partial charge in [-0.15, -0.1) is 0 Å². The molecule has 0 bridgehead atoms. The number of nitrogens with zero attached hydrogens (tertiary/aromatic N) is 1. The van der Waals surface area contributed by atoms with Crippen LogP contribution in [0.3, 0.4) is 0 Å². The summed E-state index contributed by atoms with van der Waals surface area (Å²) in [5.74, 6) is 0.831. The first-order valence-electron chi connectivity index (χ1n) is 4.64. The summed E-state index contributed by atoms with van der Waals surface area (Å²) >= 11 is 0. The molecule has 0 unspecified atom stereocenters. The van der Waals surface area contributed by atoms with Gasteiger partial charge in [0.15, 0.2) is 0 Å². The van der Waals surface area contributed by atoms with E-state index in [1.54, 1.807) is 0 Å². The predicted octanol–water partition coefficient (Wildman–Crippen LogP) is 2.58. The zero-order valence-electron chi connectivity index (χ0n) is 8.27. The molecular formula is C10H22N. The third kappa shape index (κ3) is 7.86. The Labute approximate surface area is 71.8 Å². The second-order valence-electron chi connectivity index (χ2n) is 3.69. The first kappa shape index (κ1) is 11.0. The highest BCUT2D eigenvalue weighted by Crippen LogP contribution is 2.01. The maximum Gasteiger partial charge on any atom is -0.00194 e. The quantitative estimate of drug-likeness (QED) is 0.571. The van der Waals surface area contributed by atoms with E-state index in [0.717, 1.165) is 12.3 Å². The molecule has 1 nitrogen and oxygen atoms in total. The summed E-state index contributed by atoms with van der Waals surface area (Å²) in [6.45, 7) is 10.8. The van der Waals surface area contributed by atoms with Crippen LogP contribution in [-0.4, -0.2) is 25.0 Å². The van der Waals surface area contributed by atoms with E-state index >= 15 is 0 Å². The van der Waals surface area contributed by atoms with Gasteiger partial charge in [0.05, 0.1) is 0 Å². The van der Waals surface area contributed by atoms with Crippen LogP contribution in [0.5, 0.6) is 0 Å². The monoisotopic (exact) mass is 156 g/mol. The molecule has 0 saturated carbocycles. The molecule has 0 N–H and O–H groups in total. The molecule has 67 valence electrons. The highest BCUT2D eigenvalue weighted by atomic mass is 15.1.